The van der Waals surface area contributed by atoms with Crippen molar-refractivity contribution in [2.24, 2.45) is 7.05 Å². The molecule has 2 aromatic heterocycles. The molecule has 0 aliphatic rings. The number of imidazole rings is 2. The molecule has 6 rings (SSSR count). The summed E-state index contributed by atoms with van der Waals surface area (Å²) in [5, 5.41) is 9.14. The number of fused-ring (bicyclic) bond motifs is 2. The van der Waals surface area contributed by atoms with Gasteiger partial charge >= 0.3 is 5.97 Å². The van der Waals surface area contributed by atoms with E-state index in [1.165, 1.54) is 0 Å². The van der Waals surface area contributed by atoms with Crippen molar-refractivity contribution in [3.8, 4) is 34.4 Å². The minimum absolute atomic E-state index is 0.629. The molecule has 41 heavy (non-hydrogen) atoms. The van der Waals surface area contributed by atoms with Gasteiger partial charge in [0.15, 0.2) is 0 Å². The van der Waals surface area contributed by atoms with Crippen molar-refractivity contribution in [3.05, 3.63) is 107 Å². The topological polar surface area (TPSA) is 72.9 Å². The van der Waals surface area contributed by atoms with E-state index in [1.807, 2.05) is 60.7 Å². The summed E-state index contributed by atoms with van der Waals surface area (Å²) in [6, 6.07) is 28.6. The highest BCUT2D eigenvalue weighted by atomic mass is 16.4. The van der Waals surface area contributed by atoms with Gasteiger partial charge in [0, 0.05) is 37.1 Å². The van der Waals surface area contributed by atoms with E-state index in [-0.39, 0.29) is 0 Å². The predicted octanol–water partition coefficient (Wildman–Crippen LogP) is 7.00. The third-order valence-electron chi connectivity index (χ3n) is 7.46. The highest BCUT2D eigenvalue weighted by Gasteiger charge is 2.17. The van der Waals surface area contributed by atoms with E-state index in [1.54, 1.807) is 0 Å². The maximum Gasteiger partial charge on any atom is 0.382 e. The molecule has 0 saturated heterocycles. The third kappa shape index (κ3) is 4.99. The molecule has 4 aromatic carbocycles. The van der Waals surface area contributed by atoms with Crippen molar-refractivity contribution in [2.75, 3.05) is 0 Å². The summed E-state index contributed by atoms with van der Waals surface area (Å²) in [7, 11) is 2.06. The van der Waals surface area contributed by atoms with Crippen molar-refractivity contribution in [1.82, 2.24) is 19.1 Å². The van der Waals surface area contributed by atoms with E-state index in [9.17, 15) is 4.79 Å². The number of nitrogens with zero attached hydrogens (tertiary/aromatic N) is 4. The van der Waals surface area contributed by atoms with Crippen LogP contribution in [0.3, 0.4) is 0 Å². The van der Waals surface area contributed by atoms with Crippen LogP contribution in [0.4, 0.5) is 0 Å². The second-order valence-electron chi connectivity index (χ2n) is 10.3. The van der Waals surface area contributed by atoms with Crippen LogP contribution >= 0.6 is 0 Å². The third-order valence-corrected chi connectivity index (χ3v) is 7.46. The number of carboxylic acid groups (broad SMARTS) is 1. The van der Waals surface area contributed by atoms with E-state index in [0.717, 1.165) is 74.4 Å². The lowest BCUT2D eigenvalue weighted by atomic mass is 9.97. The normalized spacial score (nSPS) is 11.1. The SMILES string of the molecule is CCCc1nc2c(C)cc(-c3nc4ccccc4n3C)cc2n1Cc1ccc(C#CC(=O)O)c(-c2ccccc2)c1. The van der Waals surface area contributed by atoms with E-state index < -0.39 is 5.97 Å². The van der Waals surface area contributed by atoms with E-state index >= 15 is 0 Å². The average molecular weight is 539 g/mol. The van der Waals surface area contributed by atoms with Gasteiger partial charge in [-0.25, -0.2) is 14.8 Å². The monoisotopic (exact) mass is 538 g/mol. The Bertz CT molecular complexity index is 1990. The van der Waals surface area contributed by atoms with Crippen LogP contribution < -0.4 is 0 Å². The van der Waals surface area contributed by atoms with Crippen molar-refractivity contribution in [1.29, 1.82) is 0 Å². The first-order valence-electron chi connectivity index (χ1n) is 13.8. The van der Waals surface area contributed by atoms with Gasteiger partial charge in [-0.3, -0.25) is 0 Å². The molecule has 0 amide bonds. The number of para-hydroxylation sites is 2. The lowest BCUT2D eigenvalue weighted by molar-refractivity contribution is -0.130. The minimum Gasteiger partial charge on any atom is -0.472 e. The highest BCUT2D eigenvalue weighted by Crippen LogP contribution is 2.31. The van der Waals surface area contributed by atoms with Crippen LogP contribution in [0.15, 0.2) is 84.9 Å². The average Bonchev–Trinajstić information content (AvgIpc) is 3.50. The van der Waals surface area contributed by atoms with Gasteiger partial charge < -0.3 is 14.2 Å². The molecule has 0 aliphatic heterocycles. The number of rotatable bonds is 6. The Morgan fingerprint density at radius 3 is 2.44 bits per heavy atom. The van der Waals surface area contributed by atoms with Crippen molar-refractivity contribution in [3.63, 3.8) is 0 Å². The molecule has 0 aliphatic carbocycles. The Balaban J connectivity index is 1.49. The molecule has 0 saturated carbocycles. The smallest absolute Gasteiger partial charge is 0.382 e. The van der Waals surface area contributed by atoms with Crippen LogP contribution in [0.1, 0.15) is 35.9 Å². The molecular weight excluding hydrogens is 508 g/mol. The zero-order valence-electron chi connectivity index (χ0n) is 23.3. The molecule has 0 atom stereocenters. The van der Waals surface area contributed by atoms with Crippen molar-refractivity contribution in [2.45, 2.75) is 33.2 Å². The summed E-state index contributed by atoms with van der Waals surface area (Å²) in [4.78, 5) is 21.2. The number of aryl methyl sites for hydroxylation is 3. The maximum atomic E-state index is 11.2. The number of aromatic nitrogens is 4. The van der Waals surface area contributed by atoms with E-state index in [0.29, 0.717) is 12.1 Å². The highest BCUT2D eigenvalue weighted by molar-refractivity contribution is 5.89. The molecule has 0 spiro atoms. The van der Waals surface area contributed by atoms with Crippen LogP contribution in [0.25, 0.3) is 44.6 Å². The van der Waals surface area contributed by atoms with Gasteiger partial charge in [0.25, 0.3) is 0 Å². The largest absolute Gasteiger partial charge is 0.472 e. The number of aliphatic carboxylic acids is 1. The van der Waals surface area contributed by atoms with Crippen molar-refractivity contribution >= 4 is 28.0 Å². The Kier molecular flexibility index (Phi) is 6.86. The summed E-state index contributed by atoms with van der Waals surface area (Å²) in [5.41, 5.74) is 10.0. The molecule has 202 valence electrons. The second-order valence-corrected chi connectivity index (χ2v) is 10.3. The molecule has 1 N–H and O–H groups in total. The summed E-state index contributed by atoms with van der Waals surface area (Å²) >= 11 is 0. The number of benzene rings is 4. The molecule has 6 heteroatoms. The first kappa shape index (κ1) is 26.1. The standard InChI is InChI=1S/C35H30N4O2/c1-4-10-32-37-34-23(2)19-27(35-36-29-13-8-9-14-30(29)38(35)3)21-31(34)39(32)22-24-15-16-26(17-18-33(40)41)28(20-24)25-11-6-5-7-12-25/h5-9,11-16,19-21H,4,10,22H2,1-3H3,(H,40,41). The molecule has 2 heterocycles. The summed E-state index contributed by atoms with van der Waals surface area (Å²) in [6.45, 7) is 4.92. The van der Waals surface area contributed by atoms with Gasteiger partial charge in [-0.05, 0) is 72.0 Å². The first-order chi connectivity index (χ1) is 19.9. The number of hydrogen-bond acceptors (Lipinski definition) is 3. The van der Waals surface area contributed by atoms with Crippen LogP contribution in [0.5, 0.6) is 0 Å². The first-order valence-corrected chi connectivity index (χ1v) is 13.8. The number of carbonyl (C=O) groups is 1. The van der Waals surface area contributed by atoms with Gasteiger partial charge in [0.1, 0.15) is 11.6 Å². The molecule has 6 nitrogen and oxygen atoms in total. The van der Waals surface area contributed by atoms with E-state index in [4.69, 9.17) is 15.1 Å². The minimum atomic E-state index is -1.14. The van der Waals surface area contributed by atoms with Crippen LogP contribution in [-0.2, 0) is 24.8 Å². The Morgan fingerprint density at radius 2 is 1.68 bits per heavy atom. The lowest BCUT2D eigenvalue weighted by Gasteiger charge is -2.13. The number of carboxylic acids is 1. The summed E-state index contributed by atoms with van der Waals surface area (Å²) in [5.74, 6) is 5.93. The van der Waals surface area contributed by atoms with Crippen LogP contribution in [0, 0.1) is 18.8 Å². The molecule has 0 fully saturated rings. The maximum absolute atomic E-state index is 11.2. The quantitative estimate of drug-likeness (QED) is 0.232. The molecule has 0 unspecified atom stereocenters. The molecule has 0 radical (unpaired) electrons. The predicted molar refractivity (Wildman–Crippen MR) is 164 cm³/mol. The molecule has 6 aromatic rings. The second kappa shape index (κ2) is 10.8. The van der Waals surface area contributed by atoms with Gasteiger partial charge in [0.05, 0.1) is 22.1 Å². The molecule has 0 bridgehead atoms. The zero-order valence-corrected chi connectivity index (χ0v) is 23.3. The van der Waals surface area contributed by atoms with Gasteiger partial charge in [-0.1, -0.05) is 61.4 Å². The Hall–Kier alpha value is -5.15. The van der Waals surface area contributed by atoms with Gasteiger partial charge in [-0.2, -0.15) is 0 Å². The molecular formula is C35H30N4O2. The van der Waals surface area contributed by atoms with Gasteiger partial charge in [0.2, 0.25) is 0 Å². The Morgan fingerprint density at radius 1 is 0.902 bits per heavy atom. The van der Waals surface area contributed by atoms with E-state index in [2.05, 4.69) is 66.1 Å². The summed E-state index contributed by atoms with van der Waals surface area (Å²) < 4.78 is 4.46. The van der Waals surface area contributed by atoms with Crippen molar-refractivity contribution < 1.29 is 9.90 Å². The van der Waals surface area contributed by atoms with Gasteiger partial charge in [-0.15, -0.1) is 0 Å². The fraction of sp³-hybridized carbons (Fsp3) is 0.171. The summed E-state index contributed by atoms with van der Waals surface area (Å²) in [6.07, 6.45) is 1.85. The Labute approximate surface area is 238 Å². The lowest BCUT2D eigenvalue weighted by Crippen LogP contribution is -2.06. The fourth-order valence-electron chi connectivity index (χ4n) is 5.52. The van der Waals surface area contributed by atoms with Crippen LogP contribution in [-0.4, -0.2) is 30.2 Å². The van der Waals surface area contributed by atoms with Crippen LogP contribution in [0.2, 0.25) is 0 Å². The number of hydrogen-bond donors (Lipinski definition) is 1. The fourth-order valence-corrected chi connectivity index (χ4v) is 5.52. The zero-order chi connectivity index (χ0) is 28.5.